The van der Waals surface area contributed by atoms with Crippen molar-refractivity contribution in [3.63, 3.8) is 0 Å². The van der Waals surface area contributed by atoms with Crippen molar-refractivity contribution in [2.24, 2.45) is 4.99 Å². The quantitative estimate of drug-likeness (QED) is 0.375. The lowest BCUT2D eigenvalue weighted by atomic mass is 10.2. The van der Waals surface area contributed by atoms with Crippen molar-refractivity contribution in [2.75, 3.05) is 39.4 Å². The fourth-order valence-electron chi connectivity index (χ4n) is 2.58. The Bertz CT molecular complexity index is 667. The number of unbranched alkanes of at least 4 members (excludes halogenated alkanes) is 2. The van der Waals surface area contributed by atoms with E-state index in [1.54, 1.807) is 6.07 Å². The SMILES string of the molecule is CCCCCNC(=NCc1ccc(S(=O)(=O)N2CCOCC2)s1)NCC. The van der Waals surface area contributed by atoms with Gasteiger partial charge in [-0.2, -0.15) is 4.31 Å². The molecule has 2 N–H and O–H groups in total. The monoisotopic (exact) mass is 402 g/mol. The Labute approximate surface area is 160 Å². The molecule has 1 saturated heterocycles. The zero-order valence-electron chi connectivity index (χ0n) is 15.7. The number of thiophene rings is 1. The molecule has 0 unspecified atom stereocenters. The molecule has 0 aliphatic carbocycles. The van der Waals surface area contributed by atoms with Gasteiger partial charge in [-0.05, 0) is 25.5 Å². The third-order valence-electron chi connectivity index (χ3n) is 4.01. The summed E-state index contributed by atoms with van der Waals surface area (Å²) in [6, 6.07) is 3.53. The molecule has 0 radical (unpaired) electrons. The van der Waals surface area contributed by atoms with E-state index < -0.39 is 10.0 Å². The molecule has 1 aromatic rings. The van der Waals surface area contributed by atoms with Crippen LogP contribution in [0.15, 0.2) is 21.3 Å². The van der Waals surface area contributed by atoms with E-state index in [-0.39, 0.29) is 0 Å². The van der Waals surface area contributed by atoms with E-state index in [0.717, 1.165) is 30.3 Å². The molecule has 2 heterocycles. The summed E-state index contributed by atoms with van der Waals surface area (Å²) in [6.45, 7) is 8.10. The van der Waals surface area contributed by atoms with Crippen LogP contribution in [0.1, 0.15) is 38.0 Å². The Morgan fingerprint density at radius 2 is 2.00 bits per heavy atom. The molecule has 7 nitrogen and oxygen atoms in total. The van der Waals surface area contributed by atoms with Gasteiger partial charge in [-0.1, -0.05) is 19.8 Å². The average molecular weight is 403 g/mol. The number of sulfonamides is 1. The van der Waals surface area contributed by atoms with Gasteiger partial charge in [-0.15, -0.1) is 11.3 Å². The van der Waals surface area contributed by atoms with E-state index in [4.69, 9.17) is 4.74 Å². The fourth-order valence-corrected chi connectivity index (χ4v) is 5.42. The molecular weight excluding hydrogens is 372 g/mol. The molecule has 1 aliphatic rings. The Morgan fingerprint density at radius 1 is 1.23 bits per heavy atom. The minimum Gasteiger partial charge on any atom is -0.379 e. The van der Waals surface area contributed by atoms with Crippen molar-refractivity contribution < 1.29 is 13.2 Å². The molecule has 0 saturated carbocycles. The minimum atomic E-state index is -3.42. The van der Waals surface area contributed by atoms with Gasteiger partial charge in [0.1, 0.15) is 4.21 Å². The number of morpholine rings is 1. The molecule has 0 amide bonds. The number of aliphatic imine (C=N–C) groups is 1. The fraction of sp³-hybridized carbons (Fsp3) is 0.706. The van der Waals surface area contributed by atoms with Crippen LogP contribution in [0.3, 0.4) is 0 Å². The zero-order valence-corrected chi connectivity index (χ0v) is 17.3. The van der Waals surface area contributed by atoms with Gasteiger partial charge in [0.05, 0.1) is 19.8 Å². The van der Waals surface area contributed by atoms with Crippen molar-refractivity contribution in [1.82, 2.24) is 14.9 Å². The van der Waals surface area contributed by atoms with Crippen molar-refractivity contribution in [2.45, 2.75) is 43.9 Å². The molecule has 26 heavy (non-hydrogen) atoms. The van der Waals surface area contributed by atoms with E-state index in [2.05, 4.69) is 22.5 Å². The topological polar surface area (TPSA) is 83.0 Å². The maximum Gasteiger partial charge on any atom is 0.252 e. The molecule has 9 heteroatoms. The molecule has 1 aliphatic heterocycles. The smallest absolute Gasteiger partial charge is 0.252 e. The summed E-state index contributed by atoms with van der Waals surface area (Å²) < 4.78 is 32.4. The van der Waals surface area contributed by atoms with Crippen LogP contribution in [0.2, 0.25) is 0 Å². The molecule has 0 bridgehead atoms. The van der Waals surface area contributed by atoms with Crippen LogP contribution < -0.4 is 10.6 Å². The van der Waals surface area contributed by atoms with Crippen LogP contribution >= 0.6 is 11.3 Å². The molecule has 2 rings (SSSR count). The van der Waals surface area contributed by atoms with Gasteiger partial charge in [0, 0.05) is 31.1 Å². The highest BCUT2D eigenvalue weighted by atomic mass is 32.2. The van der Waals surface area contributed by atoms with E-state index >= 15 is 0 Å². The van der Waals surface area contributed by atoms with Gasteiger partial charge in [0.2, 0.25) is 0 Å². The Hall–Kier alpha value is -1.16. The van der Waals surface area contributed by atoms with Crippen molar-refractivity contribution >= 4 is 27.3 Å². The highest BCUT2D eigenvalue weighted by Gasteiger charge is 2.27. The Balaban J connectivity index is 1.96. The largest absolute Gasteiger partial charge is 0.379 e. The highest BCUT2D eigenvalue weighted by Crippen LogP contribution is 2.26. The third-order valence-corrected chi connectivity index (χ3v) is 7.45. The number of nitrogens with zero attached hydrogens (tertiary/aromatic N) is 2. The third kappa shape index (κ3) is 6.22. The molecular formula is C17H30N4O3S2. The van der Waals surface area contributed by atoms with E-state index in [9.17, 15) is 8.42 Å². The van der Waals surface area contributed by atoms with Crippen LogP contribution in [-0.2, 0) is 21.3 Å². The average Bonchev–Trinajstić information content (AvgIpc) is 3.14. The number of rotatable bonds is 9. The first-order valence-corrected chi connectivity index (χ1v) is 11.5. The number of hydrogen-bond donors (Lipinski definition) is 2. The second-order valence-corrected chi connectivity index (χ2v) is 9.40. The first-order valence-electron chi connectivity index (χ1n) is 9.26. The normalized spacial score (nSPS) is 16.6. The molecule has 148 valence electrons. The second kappa shape index (κ2) is 10.9. The lowest BCUT2D eigenvalue weighted by Gasteiger charge is -2.25. The maximum atomic E-state index is 12.7. The lowest BCUT2D eigenvalue weighted by Crippen LogP contribution is -2.40. The standard InChI is InChI=1S/C17H30N4O3S2/c1-3-5-6-9-19-17(18-4-2)20-14-15-7-8-16(25-15)26(22,23)21-10-12-24-13-11-21/h7-8H,3-6,9-14H2,1-2H3,(H2,18,19,20). The number of nitrogens with one attached hydrogen (secondary N) is 2. The predicted octanol–water partition coefficient (Wildman–Crippen LogP) is 2.01. The maximum absolute atomic E-state index is 12.7. The number of guanidine groups is 1. The van der Waals surface area contributed by atoms with E-state index in [0.29, 0.717) is 37.1 Å². The van der Waals surface area contributed by atoms with Gasteiger partial charge in [-0.25, -0.2) is 13.4 Å². The van der Waals surface area contributed by atoms with E-state index in [1.165, 1.54) is 28.5 Å². The van der Waals surface area contributed by atoms with Gasteiger partial charge in [0.25, 0.3) is 10.0 Å². The van der Waals surface area contributed by atoms with Gasteiger partial charge < -0.3 is 15.4 Å². The minimum absolute atomic E-state index is 0.380. The summed E-state index contributed by atoms with van der Waals surface area (Å²) in [7, 11) is -3.42. The summed E-state index contributed by atoms with van der Waals surface area (Å²) in [4.78, 5) is 5.50. The van der Waals surface area contributed by atoms with Crippen LogP contribution in [0.5, 0.6) is 0 Å². The molecule has 0 aromatic carbocycles. The van der Waals surface area contributed by atoms with Crippen LogP contribution in [0.4, 0.5) is 0 Å². The van der Waals surface area contributed by atoms with Crippen LogP contribution in [0, 0.1) is 0 Å². The first kappa shape index (κ1) is 21.1. The van der Waals surface area contributed by atoms with Crippen molar-refractivity contribution in [3.8, 4) is 0 Å². The van der Waals surface area contributed by atoms with E-state index in [1.807, 2.05) is 13.0 Å². The van der Waals surface area contributed by atoms with Crippen molar-refractivity contribution in [3.05, 3.63) is 17.0 Å². The Kier molecular flexibility index (Phi) is 8.83. The highest BCUT2D eigenvalue weighted by molar-refractivity contribution is 7.91. The second-order valence-electron chi connectivity index (χ2n) is 6.07. The molecule has 0 spiro atoms. The van der Waals surface area contributed by atoms with Crippen molar-refractivity contribution in [1.29, 1.82) is 0 Å². The predicted molar refractivity (Wildman–Crippen MR) is 106 cm³/mol. The van der Waals surface area contributed by atoms with Gasteiger partial charge in [-0.3, -0.25) is 0 Å². The Morgan fingerprint density at radius 3 is 2.69 bits per heavy atom. The van der Waals surface area contributed by atoms with Gasteiger partial charge >= 0.3 is 0 Å². The summed E-state index contributed by atoms with van der Waals surface area (Å²) in [5.41, 5.74) is 0. The summed E-state index contributed by atoms with van der Waals surface area (Å²) in [6.07, 6.45) is 3.49. The lowest BCUT2D eigenvalue weighted by molar-refractivity contribution is 0.0731. The molecule has 1 aromatic heterocycles. The summed E-state index contributed by atoms with van der Waals surface area (Å²) >= 11 is 1.29. The summed E-state index contributed by atoms with van der Waals surface area (Å²) in [5, 5.41) is 6.54. The van der Waals surface area contributed by atoms with Crippen LogP contribution in [0.25, 0.3) is 0 Å². The molecule has 1 fully saturated rings. The molecule has 0 atom stereocenters. The zero-order chi connectivity index (χ0) is 18.8. The number of ether oxygens (including phenoxy) is 1. The van der Waals surface area contributed by atoms with Gasteiger partial charge in [0.15, 0.2) is 5.96 Å². The van der Waals surface area contributed by atoms with Crippen LogP contribution in [-0.4, -0.2) is 58.1 Å². The number of hydrogen-bond acceptors (Lipinski definition) is 5. The first-order chi connectivity index (χ1) is 12.6. The summed E-state index contributed by atoms with van der Waals surface area (Å²) in [5.74, 6) is 0.773.